The van der Waals surface area contributed by atoms with Crippen LogP contribution in [-0.4, -0.2) is 29.9 Å². The zero-order chi connectivity index (χ0) is 33.0. The first-order valence-electron chi connectivity index (χ1n) is 16.5. The van der Waals surface area contributed by atoms with Gasteiger partial charge in [0.2, 0.25) is 0 Å². The third-order valence-electron chi connectivity index (χ3n) is 9.41. The molecule has 232 valence electrons. The minimum Gasteiger partial charge on any atom is -0.251 e. The van der Waals surface area contributed by atoms with Gasteiger partial charge in [0.15, 0.2) is 17.5 Å². The van der Waals surface area contributed by atoms with Gasteiger partial charge in [0.05, 0.1) is 23.6 Å². The molecule has 0 atom stereocenters. The van der Waals surface area contributed by atoms with Crippen LogP contribution in [0.3, 0.4) is 0 Å². The van der Waals surface area contributed by atoms with Crippen molar-refractivity contribution in [2.75, 3.05) is 0 Å². The molecule has 0 aliphatic heterocycles. The Hall–Kier alpha value is -6.92. The van der Waals surface area contributed by atoms with E-state index in [4.69, 9.17) is 29.9 Å². The van der Waals surface area contributed by atoms with Crippen LogP contribution in [0.4, 0.5) is 0 Å². The lowest BCUT2D eigenvalue weighted by atomic mass is 9.97. The molecule has 0 N–H and O–H groups in total. The second-order valence-electron chi connectivity index (χ2n) is 12.3. The molecule has 0 unspecified atom stereocenters. The number of nitrogens with zero attached hydrogens (tertiary/aromatic N) is 6. The van der Waals surface area contributed by atoms with Crippen LogP contribution in [0.1, 0.15) is 0 Å². The molecule has 0 fully saturated rings. The molecule has 0 aliphatic rings. The van der Waals surface area contributed by atoms with Gasteiger partial charge in [0, 0.05) is 27.3 Å². The molecule has 0 radical (unpaired) electrons. The topological polar surface area (TPSA) is 77.3 Å². The van der Waals surface area contributed by atoms with Gasteiger partial charge in [-0.1, -0.05) is 140 Å². The molecular formula is C44H26N6. The van der Waals surface area contributed by atoms with Crippen molar-refractivity contribution in [2.45, 2.75) is 0 Å². The van der Waals surface area contributed by atoms with E-state index in [9.17, 15) is 0 Å². The second kappa shape index (κ2) is 11.4. The van der Waals surface area contributed by atoms with Crippen molar-refractivity contribution in [3.8, 4) is 45.7 Å². The number of hydrogen-bond donors (Lipinski definition) is 0. The first kappa shape index (κ1) is 28.1. The van der Waals surface area contributed by atoms with E-state index in [-0.39, 0.29) is 0 Å². The first-order valence-corrected chi connectivity index (χ1v) is 16.5. The van der Waals surface area contributed by atoms with Gasteiger partial charge in [-0.05, 0) is 38.4 Å². The van der Waals surface area contributed by atoms with Crippen LogP contribution in [0.15, 0.2) is 158 Å². The average molecular weight is 639 g/mol. The highest BCUT2D eigenvalue weighted by Gasteiger charge is 2.18. The number of aromatic nitrogens is 6. The molecule has 6 heteroatoms. The molecule has 10 aromatic rings. The number of para-hydroxylation sites is 1. The van der Waals surface area contributed by atoms with Gasteiger partial charge >= 0.3 is 0 Å². The normalized spacial score (nSPS) is 11.6. The Kier molecular flexibility index (Phi) is 6.39. The van der Waals surface area contributed by atoms with Crippen molar-refractivity contribution in [2.24, 2.45) is 0 Å². The Labute approximate surface area is 286 Å². The van der Waals surface area contributed by atoms with E-state index in [1.54, 1.807) is 12.4 Å². The van der Waals surface area contributed by atoms with E-state index in [0.29, 0.717) is 28.9 Å². The molecule has 50 heavy (non-hydrogen) atoms. The summed E-state index contributed by atoms with van der Waals surface area (Å²) in [5.41, 5.74) is 4.78. The van der Waals surface area contributed by atoms with Gasteiger partial charge < -0.3 is 0 Å². The lowest BCUT2D eigenvalue weighted by Crippen LogP contribution is -2.02. The lowest BCUT2D eigenvalue weighted by Gasteiger charge is -2.13. The average Bonchev–Trinajstić information content (AvgIpc) is 3.19. The van der Waals surface area contributed by atoms with Gasteiger partial charge in [0.25, 0.3) is 0 Å². The summed E-state index contributed by atoms with van der Waals surface area (Å²) in [6.07, 6.45) is 3.52. The Balaban J connectivity index is 1.16. The summed E-state index contributed by atoms with van der Waals surface area (Å²) in [6.45, 7) is 0. The zero-order valence-corrected chi connectivity index (χ0v) is 26.7. The van der Waals surface area contributed by atoms with E-state index in [1.165, 1.54) is 10.8 Å². The summed E-state index contributed by atoms with van der Waals surface area (Å²) in [5.74, 6) is 1.61. The van der Waals surface area contributed by atoms with Crippen molar-refractivity contribution in [3.05, 3.63) is 158 Å². The number of rotatable bonds is 4. The van der Waals surface area contributed by atoms with Crippen molar-refractivity contribution >= 4 is 54.0 Å². The Morgan fingerprint density at radius 3 is 1.46 bits per heavy atom. The van der Waals surface area contributed by atoms with Crippen molar-refractivity contribution in [3.63, 3.8) is 0 Å². The Morgan fingerprint density at radius 2 is 0.820 bits per heavy atom. The molecule has 10 rings (SSSR count). The molecule has 0 bridgehead atoms. The monoisotopic (exact) mass is 638 g/mol. The summed E-state index contributed by atoms with van der Waals surface area (Å²) in [5, 5.41) is 10.0. The fraction of sp³-hybridized carbons (Fsp3) is 0. The Bertz CT molecular complexity index is 2810. The third kappa shape index (κ3) is 4.58. The van der Waals surface area contributed by atoms with Gasteiger partial charge in [-0.3, -0.25) is 4.98 Å². The van der Waals surface area contributed by atoms with Crippen LogP contribution in [0.5, 0.6) is 0 Å². The summed E-state index contributed by atoms with van der Waals surface area (Å²) < 4.78 is 0. The van der Waals surface area contributed by atoms with Gasteiger partial charge in [0.1, 0.15) is 11.4 Å². The number of fused-ring (bicyclic) bond motifs is 7. The van der Waals surface area contributed by atoms with Crippen LogP contribution < -0.4 is 0 Å². The molecule has 3 aromatic heterocycles. The van der Waals surface area contributed by atoms with Crippen molar-refractivity contribution in [1.82, 2.24) is 29.9 Å². The maximum absolute atomic E-state index is 5.10. The molecule has 0 aliphatic carbocycles. The second-order valence-corrected chi connectivity index (χ2v) is 12.3. The fourth-order valence-electron chi connectivity index (χ4n) is 7.06. The van der Waals surface area contributed by atoms with Crippen LogP contribution in [0, 0.1) is 0 Å². The van der Waals surface area contributed by atoms with Gasteiger partial charge in [-0.2, -0.15) is 0 Å². The summed E-state index contributed by atoms with van der Waals surface area (Å²) >= 11 is 0. The maximum Gasteiger partial charge on any atom is 0.184 e. The zero-order valence-electron chi connectivity index (χ0n) is 26.7. The predicted molar refractivity (Wildman–Crippen MR) is 202 cm³/mol. The van der Waals surface area contributed by atoms with Crippen molar-refractivity contribution in [1.29, 1.82) is 0 Å². The highest BCUT2D eigenvalue weighted by molar-refractivity contribution is 6.22. The summed E-state index contributed by atoms with van der Waals surface area (Å²) in [4.78, 5) is 30.1. The number of benzene rings is 7. The third-order valence-corrected chi connectivity index (χ3v) is 9.41. The molecule has 0 amide bonds. The van der Waals surface area contributed by atoms with E-state index in [2.05, 4.69) is 103 Å². The highest BCUT2D eigenvalue weighted by Crippen LogP contribution is 2.37. The maximum atomic E-state index is 5.10. The van der Waals surface area contributed by atoms with Crippen molar-refractivity contribution < 1.29 is 0 Å². The van der Waals surface area contributed by atoms with Gasteiger partial charge in [-0.15, -0.1) is 0 Å². The van der Waals surface area contributed by atoms with Crippen LogP contribution in [0.25, 0.3) is 99.7 Å². The molecule has 0 saturated carbocycles. The van der Waals surface area contributed by atoms with E-state index in [1.807, 2.05) is 42.5 Å². The molecule has 0 spiro atoms. The molecule has 0 saturated heterocycles. The highest BCUT2D eigenvalue weighted by atomic mass is 15.1. The van der Waals surface area contributed by atoms with Crippen LogP contribution >= 0.6 is 0 Å². The smallest absolute Gasteiger partial charge is 0.184 e. The van der Waals surface area contributed by atoms with E-state index in [0.717, 1.165) is 60.0 Å². The summed E-state index contributed by atoms with van der Waals surface area (Å²) in [6, 6.07) is 50.0. The molecule has 3 heterocycles. The fourth-order valence-corrected chi connectivity index (χ4v) is 7.06. The molecule has 6 nitrogen and oxygen atoms in total. The lowest BCUT2D eigenvalue weighted by molar-refractivity contribution is 1.05. The Morgan fingerprint density at radius 1 is 0.320 bits per heavy atom. The molecule has 7 aromatic carbocycles. The van der Waals surface area contributed by atoms with E-state index >= 15 is 0 Å². The largest absolute Gasteiger partial charge is 0.251 e. The first-order chi connectivity index (χ1) is 24.8. The standard InChI is InChI=1S/C44H26N6/c1-4-16-30-27(11-1)14-9-20-33(30)42-48-43(34-21-10-15-28-12-2-5-17-31(28)34)50-44(49-42)39-26-45-38(25-46-39)41-36-24-23-29-13-3-6-18-32(29)40(36)35-19-7-8-22-37(35)47-41/h1-26H. The van der Waals surface area contributed by atoms with E-state index < -0.39 is 0 Å². The summed E-state index contributed by atoms with van der Waals surface area (Å²) in [7, 11) is 0. The molecular weight excluding hydrogens is 613 g/mol. The minimum absolute atomic E-state index is 0.451. The number of hydrogen-bond acceptors (Lipinski definition) is 6. The van der Waals surface area contributed by atoms with Gasteiger partial charge in [-0.25, -0.2) is 24.9 Å². The van der Waals surface area contributed by atoms with Crippen LogP contribution in [0.2, 0.25) is 0 Å². The number of pyridine rings is 1. The predicted octanol–water partition coefficient (Wildman–Crippen LogP) is 10.5. The minimum atomic E-state index is 0.451. The quantitative estimate of drug-likeness (QED) is 0.179. The SMILES string of the molecule is c1ccc2c(-c3nc(-c4cnc(-c5nc6ccccc6c6c5ccc5ccccc56)cn4)nc(-c4cccc5ccccc45)n3)cccc2c1. The van der Waals surface area contributed by atoms with Crippen LogP contribution in [-0.2, 0) is 0 Å².